The van der Waals surface area contributed by atoms with Crippen molar-refractivity contribution in [3.8, 4) is 11.4 Å². The highest BCUT2D eigenvalue weighted by Crippen LogP contribution is 2.34. The molecule has 0 saturated heterocycles. The number of aromatic nitrogens is 4. The molecule has 0 atom stereocenters. The molecule has 114 valence electrons. The van der Waals surface area contributed by atoms with Crippen LogP contribution in [-0.4, -0.2) is 20.2 Å². The average molecular weight is 328 g/mol. The van der Waals surface area contributed by atoms with Crippen molar-refractivity contribution in [2.45, 2.75) is 34.2 Å². The van der Waals surface area contributed by atoms with Gasteiger partial charge in [-0.1, -0.05) is 50.9 Å². The molecule has 0 amide bonds. The minimum atomic E-state index is 0.0614. The van der Waals surface area contributed by atoms with Crippen molar-refractivity contribution in [1.82, 2.24) is 20.2 Å². The Bertz CT molecular complexity index is 626. The number of hydrogen-bond acceptors (Lipinski definition) is 4. The van der Waals surface area contributed by atoms with E-state index in [1.54, 1.807) is 16.8 Å². The fraction of sp³-hybridized carbons (Fsp3) is 0.500. The topological polar surface area (TPSA) is 69.6 Å². The van der Waals surface area contributed by atoms with Gasteiger partial charge in [0, 0.05) is 5.56 Å². The van der Waals surface area contributed by atoms with Crippen LogP contribution < -0.4 is 5.73 Å². The van der Waals surface area contributed by atoms with Crippen LogP contribution in [0.25, 0.3) is 11.4 Å². The lowest BCUT2D eigenvalue weighted by Crippen LogP contribution is -2.26. The zero-order valence-corrected chi connectivity index (χ0v) is 14.1. The SMILES string of the molecule is CC(C)C(C)(C)Cn1nnnc1-c1cc(N)c(Cl)c(Cl)c1. The van der Waals surface area contributed by atoms with E-state index in [9.17, 15) is 0 Å². The maximum atomic E-state index is 6.08. The van der Waals surface area contributed by atoms with Crippen molar-refractivity contribution in [3.05, 3.63) is 22.2 Å². The summed E-state index contributed by atoms with van der Waals surface area (Å²) in [5.41, 5.74) is 7.09. The number of nitrogens with two attached hydrogens (primary N) is 1. The third kappa shape index (κ3) is 3.30. The molecular weight excluding hydrogens is 309 g/mol. The first-order valence-corrected chi connectivity index (χ1v) is 7.49. The number of nitrogens with zero attached hydrogens (tertiary/aromatic N) is 4. The van der Waals surface area contributed by atoms with E-state index in [0.29, 0.717) is 34.0 Å². The van der Waals surface area contributed by atoms with Crippen molar-refractivity contribution < 1.29 is 0 Å². The average Bonchev–Trinajstić information content (AvgIpc) is 2.82. The maximum Gasteiger partial charge on any atom is 0.182 e. The van der Waals surface area contributed by atoms with E-state index < -0.39 is 0 Å². The molecule has 0 spiro atoms. The highest BCUT2D eigenvalue weighted by molar-refractivity contribution is 6.43. The Morgan fingerprint density at radius 2 is 1.95 bits per heavy atom. The van der Waals surface area contributed by atoms with Crippen LogP contribution in [0.4, 0.5) is 5.69 Å². The number of halogens is 2. The Balaban J connectivity index is 2.42. The lowest BCUT2D eigenvalue weighted by atomic mass is 9.81. The number of anilines is 1. The Kier molecular flexibility index (Phi) is 4.44. The molecule has 2 aromatic rings. The number of nitrogen functional groups attached to an aromatic ring is 1. The van der Waals surface area contributed by atoms with Crippen LogP contribution in [-0.2, 0) is 6.54 Å². The van der Waals surface area contributed by atoms with E-state index in [0.717, 1.165) is 5.56 Å². The van der Waals surface area contributed by atoms with Crippen LogP contribution in [0.5, 0.6) is 0 Å². The highest BCUT2D eigenvalue weighted by Gasteiger charge is 2.25. The molecule has 0 unspecified atom stereocenters. The van der Waals surface area contributed by atoms with Crippen molar-refractivity contribution in [2.24, 2.45) is 11.3 Å². The second-order valence-electron chi connectivity index (χ2n) is 6.16. The van der Waals surface area contributed by atoms with Gasteiger partial charge in [0.2, 0.25) is 0 Å². The maximum absolute atomic E-state index is 6.08. The first kappa shape index (κ1) is 16.0. The van der Waals surface area contributed by atoms with E-state index >= 15 is 0 Å². The van der Waals surface area contributed by atoms with Crippen LogP contribution in [0.15, 0.2) is 12.1 Å². The number of rotatable bonds is 4. The van der Waals surface area contributed by atoms with Gasteiger partial charge in [0.25, 0.3) is 0 Å². The molecule has 0 aliphatic rings. The monoisotopic (exact) mass is 327 g/mol. The van der Waals surface area contributed by atoms with Gasteiger partial charge in [-0.3, -0.25) is 0 Å². The minimum absolute atomic E-state index is 0.0614. The zero-order valence-electron chi connectivity index (χ0n) is 12.6. The molecule has 5 nitrogen and oxygen atoms in total. The molecule has 0 saturated carbocycles. The summed E-state index contributed by atoms with van der Waals surface area (Å²) < 4.78 is 1.78. The Hall–Kier alpha value is -1.33. The second-order valence-corrected chi connectivity index (χ2v) is 6.95. The van der Waals surface area contributed by atoms with E-state index in [1.807, 2.05) is 0 Å². The third-order valence-corrected chi connectivity index (χ3v) is 4.78. The first-order chi connectivity index (χ1) is 9.72. The Morgan fingerprint density at radius 1 is 1.29 bits per heavy atom. The van der Waals surface area contributed by atoms with E-state index in [1.165, 1.54) is 0 Å². The van der Waals surface area contributed by atoms with Gasteiger partial charge in [-0.25, -0.2) is 4.68 Å². The predicted molar refractivity (Wildman–Crippen MR) is 86.3 cm³/mol. The van der Waals surface area contributed by atoms with E-state index in [2.05, 4.69) is 43.2 Å². The molecule has 0 radical (unpaired) electrons. The van der Waals surface area contributed by atoms with Crippen LogP contribution in [0, 0.1) is 11.3 Å². The molecule has 21 heavy (non-hydrogen) atoms. The number of tetrazole rings is 1. The molecule has 1 heterocycles. The fourth-order valence-corrected chi connectivity index (χ4v) is 2.16. The Morgan fingerprint density at radius 3 is 2.52 bits per heavy atom. The molecule has 7 heteroatoms. The summed E-state index contributed by atoms with van der Waals surface area (Å²) in [6.45, 7) is 9.44. The fourth-order valence-electron chi connectivity index (χ4n) is 1.83. The molecule has 0 aliphatic carbocycles. The third-order valence-electron chi connectivity index (χ3n) is 3.97. The molecule has 0 aliphatic heterocycles. The number of hydrogen-bond donors (Lipinski definition) is 1. The highest BCUT2D eigenvalue weighted by atomic mass is 35.5. The van der Waals surface area contributed by atoms with E-state index in [-0.39, 0.29) is 5.41 Å². The van der Waals surface area contributed by atoms with Crippen LogP contribution >= 0.6 is 23.2 Å². The molecule has 1 aromatic heterocycles. The van der Waals surface area contributed by atoms with Crippen molar-refractivity contribution >= 4 is 28.9 Å². The standard InChI is InChI=1S/C14H19Cl2N5/c1-8(2)14(3,4)7-21-13(18-19-20-21)9-5-10(15)12(16)11(17)6-9/h5-6,8H,7,17H2,1-4H3. The lowest BCUT2D eigenvalue weighted by Gasteiger charge is -2.29. The summed E-state index contributed by atoms with van der Waals surface area (Å²) in [6, 6.07) is 3.46. The number of benzene rings is 1. The molecule has 2 N–H and O–H groups in total. The minimum Gasteiger partial charge on any atom is -0.397 e. The van der Waals surface area contributed by atoms with Crippen LogP contribution in [0.3, 0.4) is 0 Å². The Labute approximate surface area is 134 Å². The summed E-state index contributed by atoms with van der Waals surface area (Å²) in [7, 11) is 0. The molecule has 0 fully saturated rings. The first-order valence-electron chi connectivity index (χ1n) is 6.73. The summed E-state index contributed by atoms with van der Waals surface area (Å²) in [5.74, 6) is 1.13. The van der Waals surface area contributed by atoms with Gasteiger partial charge < -0.3 is 5.73 Å². The van der Waals surface area contributed by atoms with Gasteiger partial charge >= 0.3 is 0 Å². The molecule has 2 rings (SSSR count). The summed E-state index contributed by atoms with van der Waals surface area (Å²) >= 11 is 12.1. The van der Waals surface area contributed by atoms with Crippen molar-refractivity contribution in [1.29, 1.82) is 0 Å². The zero-order chi connectivity index (χ0) is 15.8. The molecule has 0 bridgehead atoms. The van der Waals surface area contributed by atoms with E-state index in [4.69, 9.17) is 28.9 Å². The van der Waals surface area contributed by atoms with Crippen LogP contribution in [0.2, 0.25) is 10.0 Å². The molecular formula is C14H19Cl2N5. The smallest absolute Gasteiger partial charge is 0.182 e. The second kappa shape index (κ2) is 5.81. The van der Waals surface area contributed by atoms with Gasteiger partial charge in [-0.05, 0) is 33.9 Å². The van der Waals surface area contributed by atoms with Gasteiger partial charge in [-0.15, -0.1) is 5.10 Å². The summed E-state index contributed by atoms with van der Waals surface area (Å²) in [6.07, 6.45) is 0. The van der Waals surface area contributed by atoms with Crippen LogP contribution in [0.1, 0.15) is 27.7 Å². The predicted octanol–water partition coefficient (Wildman–Crippen LogP) is 3.91. The van der Waals surface area contributed by atoms with Gasteiger partial charge in [0.15, 0.2) is 5.82 Å². The van der Waals surface area contributed by atoms with Gasteiger partial charge in [0.1, 0.15) is 0 Å². The van der Waals surface area contributed by atoms with Gasteiger partial charge in [-0.2, -0.15) is 0 Å². The quantitative estimate of drug-likeness (QED) is 0.864. The lowest BCUT2D eigenvalue weighted by molar-refractivity contribution is 0.200. The summed E-state index contributed by atoms with van der Waals surface area (Å²) in [4.78, 5) is 0. The van der Waals surface area contributed by atoms with Gasteiger partial charge in [0.05, 0.1) is 22.3 Å². The summed E-state index contributed by atoms with van der Waals surface area (Å²) in [5, 5.41) is 12.7. The van der Waals surface area contributed by atoms with Crippen molar-refractivity contribution in [3.63, 3.8) is 0 Å². The largest absolute Gasteiger partial charge is 0.397 e. The van der Waals surface area contributed by atoms with Crippen molar-refractivity contribution in [2.75, 3.05) is 5.73 Å². The normalized spacial score (nSPS) is 12.1. The molecule has 1 aromatic carbocycles.